The van der Waals surface area contributed by atoms with E-state index in [1.165, 1.54) is 0 Å². The van der Waals surface area contributed by atoms with E-state index < -0.39 is 0 Å². The van der Waals surface area contributed by atoms with Crippen LogP contribution < -0.4 is 5.73 Å². The highest BCUT2D eigenvalue weighted by Gasteiger charge is 2.13. The highest BCUT2D eigenvalue weighted by Crippen LogP contribution is 2.30. The minimum absolute atomic E-state index is 0.0759. The molecule has 0 aromatic heterocycles. The quantitative estimate of drug-likeness (QED) is 0.841. The van der Waals surface area contributed by atoms with Crippen molar-refractivity contribution < 1.29 is 0 Å². The Kier molecular flexibility index (Phi) is 7.11. The molecule has 0 aliphatic heterocycles. The van der Waals surface area contributed by atoms with Crippen LogP contribution in [0.3, 0.4) is 0 Å². The lowest BCUT2D eigenvalue weighted by atomic mass is 10.0. The van der Waals surface area contributed by atoms with Gasteiger partial charge in [0.05, 0.1) is 10.0 Å². The SMILES string of the molecule is CN(C)CCN(C)CCC(N)c1cccc(Cl)c1Cl. The third-order valence-corrected chi connectivity index (χ3v) is 3.97. The second-order valence-electron chi connectivity index (χ2n) is 5.14. The first-order chi connectivity index (χ1) is 8.91. The van der Waals surface area contributed by atoms with E-state index >= 15 is 0 Å². The Morgan fingerprint density at radius 1 is 1.11 bits per heavy atom. The van der Waals surface area contributed by atoms with Gasteiger partial charge in [0.1, 0.15) is 0 Å². The number of halogens is 2. The molecule has 2 N–H and O–H groups in total. The number of nitrogens with zero attached hydrogens (tertiary/aromatic N) is 2. The van der Waals surface area contributed by atoms with Gasteiger partial charge in [-0.2, -0.15) is 0 Å². The number of nitrogens with two attached hydrogens (primary N) is 1. The molecule has 1 aromatic carbocycles. The monoisotopic (exact) mass is 303 g/mol. The first-order valence-electron chi connectivity index (χ1n) is 6.44. The molecule has 0 aliphatic rings. The third-order valence-electron chi connectivity index (χ3n) is 3.13. The number of likely N-dealkylation sites (N-methyl/N-ethyl adjacent to an activating group) is 2. The van der Waals surface area contributed by atoms with Crippen molar-refractivity contribution in [3.63, 3.8) is 0 Å². The van der Waals surface area contributed by atoms with Crippen molar-refractivity contribution in [1.29, 1.82) is 0 Å². The van der Waals surface area contributed by atoms with Crippen LogP contribution in [0.2, 0.25) is 10.0 Å². The van der Waals surface area contributed by atoms with Gasteiger partial charge in [-0.1, -0.05) is 35.3 Å². The van der Waals surface area contributed by atoms with Crippen LogP contribution in [0.1, 0.15) is 18.0 Å². The number of rotatable bonds is 7. The van der Waals surface area contributed by atoms with Crippen LogP contribution in [0.4, 0.5) is 0 Å². The molecule has 5 heteroatoms. The number of benzene rings is 1. The largest absolute Gasteiger partial charge is 0.324 e. The Balaban J connectivity index is 2.47. The van der Waals surface area contributed by atoms with Gasteiger partial charge in [-0.25, -0.2) is 0 Å². The summed E-state index contributed by atoms with van der Waals surface area (Å²) in [5.74, 6) is 0. The maximum atomic E-state index is 6.19. The molecule has 0 heterocycles. The Morgan fingerprint density at radius 3 is 2.42 bits per heavy atom. The predicted octanol–water partition coefficient (Wildman–Crippen LogP) is 2.88. The fourth-order valence-electron chi connectivity index (χ4n) is 1.80. The summed E-state index contributed by atoms with van der Waals surface area (Å²) in [5.41, 5.74) is 7.11. The van der Waals surface area contributed by atoms with Crippen molar-refractivity contribution >= 4 is 23.2 Å². The second-order valence-corrected chi connectivity index (χ2v) is 5.93. The topological polar surface area (TPSA) is 32.5 Å². The summed E-state index contributed by atoms with van der Waals surface area (Å²) in [4.78, 5) is 4.45. The van der Waals surface area contributed by atoms with Gasteiger partial charge in [-0.3, -0.25) is 0 Å². The lowest BCUT2D eigenvalue weighted by Crippen LogP contribution is -2.30. The zero-order chi connectivity index (χ0) is 14.4. The molecule has 0 fully saturated rings. The van der Waals surface area contributed by atoms with Crippen LogP contribution in [-0.2, 0) is 0 Å². The van der Waals surface area contributed by atoms with E-state index in [-0.39, 0.29) is 6.04 Å². The van der Waals surface area contributed by atoms with Crippen molar-refractivity contribution in [2.24, 2.45) is 5.73 Å². The Morgan fingerprint density at radius 2 is 1.79 bits per heavy atom. The summed E-state index contributed by atoms with van der Waals surface area (Å²) in [6.45, 7) is 3.02. The van der Waals surface area contributed by atoms with Gasteiger partial charge in [0.15, 0.2) is 0 Å². The first kappa shape index (κ1) is 16.7. The number of hydrogen-bond acceptors (Lipinski definition) is 3. The van der Waals surface area contributed by atoms with E-state index in [1.807, 2.05) is 12.1 Å². The third kappa shape index (κ3) is 5.67. The van der Waals surface area contributed by atoms with Gasteiger partial charge in [-0.15, -0.1) is 0 Å². The van der Waals surface area contributed by atoms with E-state index in [0.29, 0.717) is 10.0 Å². The van der Waals surface area contributed by atoms with E-state index in [0.717, 1.165) is 31.6 Å². The molecule has 1 aromatic rings. The molecule has 19 heavy (non-hydrogen) atoms. The molecule has 0 bridgehead atoms. The molecular weight excluding hydrogens is 281 g/mol. The fraction of sp³-hybridized carbons (Fsp3) is 0.571. The molecule has 108 valence electrons. The summed E-state index contributed by atoms with van der Waals surface area (Å²) in [6, 6.07) is 5.54. The van der Waals surface area contributed by atoms with Gasteiger partial charge < -0.3 is 15.5 Å². The predicted molar refractivity (Wildman–Crippen MR) is 84.1 cm³/mol. The lowest BCUT2D eigenvalue weighted by molar-refractivity contribution is 0.274. The average molecular weight is 304 g/mol. The standard InChI is InChI=1S/C14H23Cl2N3/c1-18(2)9-10-19(3)8-7-13(17)11-5-4-6-12(15)14(11)16/h4-6,13H,7-10,17H2,1-3H3. The van der Waals surface area contributed by atoms with Gasteiger partial charge in [0.25, 0.3) is 0 Å². The van der Waals surface area contributed by atoms with Crippen molar-refractivity contribution in [1.82, 2.24) is 9.80 Å². The zero-order valence-electron chi connectivity index (χ0n) is 11.9. The van der Waals surface area contributed by atoms with Crippen LogP contribution in [0.25, 0.3) is 0 Å². The van der Waals surface area contributed by atoms with Crippen LogP contribution in [0.15, 0.2) is 18.2 Å². The average Bonchev–Trinajstić information content (AvgIpc) is 2.36. The maximum absolute atomic E-state index is 6.19. The van der Waals surface area contributed by atoms with Crippen LogP contribution in [0, 0.1) is 0 Å². The molecule has 0 amide bonds. The van der Waals surface area contributed by atoms with Gasteiger partial charge in [0.2, 0.25) is 0 Å². The zero-order valence-corrected chi connectivity index (χ0v) is 13.4. The highest BCUT2D eigenvalue weighted by atomic mass is 35.5. The van der Waals surface area contributed by atoms with E-state index in [9.17, 15) is 0 Å². The second kappa shape index (κ2) is 8.08. The molecule has 0 saturated heterocycles. The molecule has 1 atom stereocenters. The summed E-state index contributed by atoms with van der Waals surface area (Å²) < 4.78 is 0. The molecule has 0 spiro atoms. The van der Waals surface area contributed by atoms with Gasteiger partial charge in [0, 0.05) is 19.1 Å². The first-order valence-corrected chi connectivity index (χ1v) is 7.20. The van der Waals surface area contributed by atoms with Crippen LogP contribution >= 0.6 is 23.2 Å². The molecule has 1 unspecified atom stereocenters. The maximum Gasteiger partial charge on any atom is 0.0640 e. The van der Waals surface area contributed by atoms with E-state index in [4.69, 9.17) is 28.9 Å². The lowest BCUT2D eigenvalue weighted by Gasteiger charge is -2.21. The Hall–Kier alpha value is -0.320. The minimum atomic E-state index is -0.0759. The summed E-state index contributed by atoms with van der Waals surface area (Å²) in [5, 5.41) is 1.14. The normalized spacial score (nSPS) is 13.3. The smallest absolute Gasteiger partial charge is 0.0640 e. The van der Waals surface area contributed by atoms with Crippen molar-refractivity contribution in [3.05, 3.63) is 33.8 Å². The van der Waals surface area contributed by atoms with Crippen LogP contribution in [0.5, 0.6) is 0 Å². The summed E-state index contributed by atoms with van der Waals surface area (Å²) >= 11 is 12.2. The molecule has 0 radical (unpaired) electrons. The molecule has 0 aliphatic carbocycles. The Bertz CT molecular complexity index is 396. The fourth-order valence-corrected chi connectivity index (χ4v) is 2.25. The van der Waals surface area contributed by atoms with Crippen LogP contribution in [-0.4, -0.2) is 50.6 Å². The molecule has 3 nitrogen and oxygen atoms in total. The van der Waals surface area contributed by atoms with Crippen molar-refractivity contribution in [2.75, 3.05) is 40.8 Å². The van der Waals surface area contributed by atoms with E-state index in [1.54, 1.807) is 6.07 Å². The Labute approximate surface area is 126 Å². The van der Waals surface area contributed by atoms with Gasteiger partial charge >= 0.3 is 0 Å². The van der Waals surface area contributed by atoms with Gasteiger partial charge in [-0.05, 0) is 45.7 Å². The number of hydrogen-bond donors (Lipinski definition) is 1. The van der Waals surface area contributed by atoms with Crippen molar-refractivity contribution in [2.45, 2.75) is 12.5 Å². The summed E-state index contributed by atoms with van der Waals surface area (Å²) in [7, 11) is 6.26. The molecule has 1 rings (SSSR count). The summed E-state index contributed by atoms with van der Waals surface area (Å²) in [6.07, 6.45) is 0.865. The highest BCUT2D eigenvalue weighted by molar-refractivity contribution is 6.42. The minimum Gasteiger partial charge on any atom is -0.324 e. The molecule has 0 saturated carbocycles. The molecular formula is C14H23Cl2N3. The van der Waals surface area contributed by atoms with E-state index in [2.05, 4.69) is 30.9 Å². The van der Waals surface area contributed by atoms with Crippen molar-refractivity contribution in [3.8, 4) is 0 Å².